The van der Waals surface area contributed by atoms with E-state index in [1.54, 1.807) is 7.05 Å². The summed E-state index contributed by atoms with van der Waals surface area (Å²) in [4.78, 5) is 1.47. The number of anilines is 1. The highest BCUT2D eigenvalue weighted by atomic mass is 16.3. The smallest absolute Gasteiger partial charge is 0.166 e. The van der Waals surface area contributed by atoms with Crippen LogP contribution in [-0.2, 0) is 0 Å². The van der Waals surface area contributed by atoms with Gasteiger partial charge in [-0.05, 0) is 36.8 Å². The van der Waals surface area contributed by atoms with Gasteiger partial charge in [-0.2, -0.15) is 0 Å². The Balaban J connectivity index is 2.23. The lowest BCUT2D eigenvalue weighted by atomic mass is 10.2. The number of rotatable bonds is 2. The summed E-state index contributed by atoms with van der Waals surface area (Å²) in [6.07, 6.45) is 0. The fourth-order valence-corrected chi connectivity index (χ4v) is 2.07. The van der Waals surface area contributed by atoms with E-state index in [9.17, 15) is 5.11 Å². The van der Waals surface area contributed by atoms with Crippen LogP contribution in [0, 0.1) is 6.92 Å². The Morgan fingerprint density at radius 1 is 1.11 bits per heavy atom. The van der Waals surface area contributed by atoms with Crippen molar-refractivity contribution in [3.05, 3.63) is 42.0 Å². The summed E-state index contributed by atoms with van der Waals surface area (Å²) in [6, 6.07) is 11.3. The minimum Gasteiger partial charge on any atom is -0.504 e. The van der Waals surface area contributed by atoms with E-state index < -0.39 is 0 Å². The van der Waals surface area contributed by atoms with Crippen LogP contribution < -0.4 is 5.32 Å². The standard InChI is InChI=1S/C14H14N4O/c1-9-7-12(15-2)14(19)13(8-9)18-16-10-5-3-4-6-11(10)17-18/h3-8,15,19H,1-2H3. The van der Waals surface area contributed by atoms with Gasteiger partial charge in [0.1, 0.15) is 16.7 Å². The first-order valence-electron chi connectivity index (χ1n) is 6.03. The van der Waals surface area contributed by atoms with E-state index in [2.05, 4.69) is 15.5 Å². The lowest BCUT2D eigenvalue weighted by Gasteiger charge is -2.09. The first-order valence-corrected chi connectivity index (χ1v) is 6.03. The first kappa shape index (κ1) is 11.5. The fourth-order valence-electron chi connectivity index (χ4n) is 2.07. The number of hydrogen-bond acceptors (Lipinski definition) is 4. The third-order valence-electron chi connectivity index (χ3n) is 3.01. The van der Waals surface area contributed by atoms with Gasteiger partial charge in [-0.3, -0.25) is 0 Å². The van der Waals surface area contributed by atoms with Gasteiger partial charge in [0.05, 0.1) is 5.69 Å². The van der Waals surface area contributed by atoms with Crippen molar-refractivity contribution in [3.63, 3.8) is 0 Å². The van der Waals surface area contributed by atoms with Crippen LogP contribution in [0.3, 0.4) is 0 Å². The summed E-state index contributed by atoms with van der Waals surface area (Å²) >= 11 is 0. The summed E-state index contributed by atoms with van der Waals surface area (Å²) in [5, 5.41) is 21.9. The minimum absolute atomic E-state index is 0.147. The number of nitrogens with zero attached hydrogens (tertiary/aromatic N) is 3. The molecule has 3 rings (SSSR count). The monoisotopic (exact) mass is 254 g/mol. The molecule has 5 heteroatoms. The minimum atomic E-state index is 0.147. The first-order chi connectivity index (χ1) is 9.19. The van der Waals surface area contributed by atoms with E-state index in [4.69, 9.17) is 0 Å². The third-order valence-corrected chi connectivity index (χ3v) is 3.01. The van der Waals surface area contributed by atoms with Gasteiger partial charge in [0.25, 0.3) is 0 Å². The second kappa shape index (κ2) is 4.28. The van der Waals surface area contributed by atoms with Gasteiger partial charge in [0.2, 0.25) is 0 Å². The fraction of sp³-hybridized carbons (Fsp3) is 0.143. The van der Waals surface area contributed by atoms with E-state index >= 15 is 0 Å². The number of aryl methyl sites for hydroxylation is 1. The molecule has 2 N–H and O–H groups in total. The van der Waals surface area contributed by atoms with Crippen molar-refractivity contribution < 1.29 is 5.11 Å². The number of aromatic hydroxyl groups is 1. The molecule has 5 nitrogen and oxygen atoms in total. The highest BCUT2D eigenvalue weighted by Gasteiger charge is 2.12. The van der Waals surface area contributed by atoms with Crippen molar-refractivity contribution in [1.29, 1.82) is 0 Å². The molecule has 0 amide bonds. The van der Waals surface area contributed by atoms with Crippen LogP contribution >= 0.6 is 0 Å². The number of fused-ring (bicyclic) bond motifs is 1. The third kappa shape index (κ3) is 1.89. The normalized spacial score (nSPS) is 10.8. The summed E-state index contributed by atoms with van der Waals surface area (Å²) in [7, 11) is 1.77. The molecule has 96 valence electrons. The molecule has 0 spiro atoms. The molecule has 0 atom stereocenters. The average molecular weight is 254 g/mol. The Hall–Kier alpha value is -2.56. The molecule has 0 aliphatic rings. The van der Waals surface area contributed by atoms with Crippen molar-refractivity contribution in [3.8, 4) is 11.4 Å². The maximum Gasteiger partial charge on any atom is 0.166 e. The van der Waals surface area contributed by atoms with Crippen molar-refractivity contribution >= 4 is 16.7 Å². The summed E-state index contributed by atoms with van der Waals surface area (Å²) in [5.74, 6) is 0.147. The SMILES string of the molecule is CNc1cc(C)cc(-n2nc3ccccc3n2)c1O. The number of nitrogens with one attached hydrogen (secondary N) is 1. The van der Waals surface area contributed by atoms with Crippen LogP contribution in [0.1, 0.15) is 5.56 Å². The molecule has 19 heavy (non-hydrogen) atoms. The maximum atomic E-state index is 10.2. The highest BCUT2D eigenvalue weighted by molar-refractivity contribution is 5.74. The lowest BCUT2D eigenvalue weighted by molar-refractivity contribution is 0.470. The van der Waals surface area contributed by atoms with Gasteiger partial charge in [0, 0.05) is 7.05 Å². The Bertz CT molecular complexity index is 715. The molecular formula is C14H14N4O. The number of hydrogen-bond donors (Lipinski definition) is 2. The van der Waals surface area contributed by atoms with E-state index in [1.165, 1.54) is 4.80 Å². The quantitative estimate of drug-likeness (QED) is 0.690. The Kier molecular flexibility index (Phi) is 2.59. The summed E-state index contributed by atoms with van der Waals surface area (Å²) < 4.78 is 0. The zero-order chi connectivity index (χ0) is 13.4. The van der Waals surface area contributed by atoms with E-state index in [1.807, 2.05) is 43.3 Å². The van der Waals surface area contributed by atoms with Crippen LogP contribution in [0.2, 0.25) is 0 Å². The van der Waals surface area contributed by atoms with Crippen LogP contribution in [-0.4, -0.2) is 27.1 Å². The molecule has 0 bridgehead atoms. The van der Waals surface area contributed by atoms with Gasteiger partial charge in [-0.15, -0.1) is 15.0 Å². The largest absolute Gasteiger partial charge is 0.504 e. The molecule has 0 saturated heterocycles. The van der Waals surface area contributed by atoms with E-state index in [0.29, 0.717) is 11.4 Å². The van der Waals surface area contributed by atoms with Gasteiger partial charge in [-0.25, -0.2) is 0 Å². The molecule has 0 fully saturated rings. The molecule has 3 aromatic rings. The van der Waals surface area contributed by atoms with Crippen LogP contribution in [0.15, 0.2) is 36.4 Å². The van der Waals surface area contributed by atoms with Gasteiger partial charge in [-0.1, -0.05) is 12.1 Å². The lowest BCUT2D eigenvalue weighted by Crippen LogP contribution is -2.01. The molecule has 1 heterocycles. The zero-order valence-electron chi connectivity index (χ0n) is 10.8. The topological polar surface area (TPSA) is 63.0 Å². The number of aromatic nitrogens is 3. The molecule has 0 aliphatic carbocycles. The Labute approximate surface area is 110 Å². The predicted molar refractivity (Wildman–Crippen MR) is 74.8 cm³/mol. The number of phenols is 1. The van der Waals surface area contributed by atoms with Gasteiger partial charge >= 0.3 is 0 Å². The zero-order valence-corrected chi connectivity index (χ0v) is 10.8. The van der Waals surface area contributed by atoms with Crippen molar-refractivity contribution in [2.24, 2.45) is 0 Å². The molecule has 1 aromatic heterocycles. The Morgan fingerprint density at radius 2 is 1.74 bits per heavy atom. The average Bonchev–Trinajstić information content (AvgIpc) is 2.84. The van der Waals surface area contributed by atoms with E-state index in [0.717, 1.165) is 16.6 Å². The predicted octanol–water partition coefficient (Wildman–Crippen LogP) is 2.48. The van der Waals surface area contributed by atoms with Gasteiger partial charge in [0.15, 0.2) is 5.75 Å². The highest BCUT2D eigenvalue weighted by Crippen LogP contribution is 2.31. The number of phenolic OH excluding ortho intramolecular Hbond substituents is 1. The second-order valence-corrected chi connectivity index (χ2v) is 4.41. The molecule has 0 radical (unpaired) electrons. The molecule has 0 unspecified atom stereocenters. The van der Waals surface area contributed by atoms with Crippen LogP contribution in [0.25, 0.3) is 16.7 Å². The summed E-state index contributed by atoms with van der Waals surface area (Å²) in [5.41, 5.74) is 3.86. The molecular weight excluding hydrogens is 240 g/mol. The van der Waals surface area contributed by atoms with Crippen molar-refractivity contribution in [2.75, 3.05) is 12.4 Å². The molecule has 0 saturated carbocycles. The number of benzene rings is 2. The van der Waals surface area contributed by atoms with Gasteiger partial charge < -0.3 is 10.4 Å². The second-order valence-electron chi connectivity index (χ2n) is 4.41. The summed E-state index contributed by atoms with van der Waals surface area (Å²) in [6.45, 7) is 1.97. The van der Waals surface area contributed by atoms with E-state index in [-0.39, 0.29) is 5.75 Å². The van der Waals surface area contributed by atoms with Crippen LogP contribution in [0.5, 0.6) is 5.75 Å². The van der Waals surface area contributed by atoms with Crippen molar-refractivity contribution in [1.82, 2.24) is 15.0 Å². The molecule has 2 aromatic carbocycles. The molecule has 0 aliphatic heterocycles. The van der Waals surface area contributed by atoms with Crippen molar-refractivity contribution in [2.45, 2.75) is 6.92 Å². The maximum absolute atomic E-state index is 10.2. The Morgan fingerprint density at radius 3 is 2.32 bits per heavy atom. The van der Waals surface area contributed by atoms with Crippen LogP contribution in [0.4, 0.5) is 5.69 Å².